The van der Waals surface area contributed by atoms with Gasteiger partial charge in [0.1, 0.15) is 5.75 Å². The van der Waals surface area contributed by atoms with Gasteiger partial charge in [-0.3, -0.25) is 14.3 Å². The fourth-order valence-corrected chi connectivity index (χ4v) is 3.79. The third kappa shape index (κ3) is 5.45. The Morgan fingerprint density at radius 3 is 2.55 bits per heavy atom. The third-order valence-corrected chi connectivity index (χ3v) is 5.68. The Balaban J connectivity index is 1.52. The molecule has 2 aromatic carbocycles. The number of methoxy groups -OCH3 is 1. The summed E-state index contributed by atoms with van der Waals surface area (Å²) >= 11 is 1.29. The van der Waals surface area contributed by atoms with Crippen molar-refractivity contribution in [3.63, 3.8) is 0 Å². The molecule has 0 saturated heterocycles. The Kier molecular flexibility index (Phi) is 7.11. The fourth-order valence-electron chi connectivity index (χ4n) is 3.05. The van der Waals surface area contributed by atoms with Crippen LogP contribution in [0, 0.1) is 0 Å². The lowest BCUT2D eigenvalue weighted by atomic mass is 10.2. The number of hydrazone groups is 1. The topological polar surface area (TPSA) is 94.3 Å². The number of hydrogen-bond donors (Lipinski definition) is 1. The molecule has 4 rings (SSSR count). The van der Waals surface area contributed by atoms with Gasteiger partial charge in [0.2, 0.25) is 0 Å². The van der Waals surface area contributed by atoms with E-state index in [1.54, 1.807) is 19.5 Å². The molecule has 0 aliphatic rings. The summed E-state index contributed by atoms with van der Waals surface area (Å²) in [5, 5.41) is 13.5. The number of nitrogens with one attached hydrogen (secondary N) is 1. The predicted octanol–water partition coefficient (Wildman–Crippen LogP) is 3.97. The molecule has 166 valence electrons. The molecule has 4 aromatic rings. The molecule has 1 N–H and O–H groups in total. The number of para-hydroxylation sites is 1. The van der Waals surface area contributed by atoms with Gasteiger partial charge in [-0.15, -0.1) is 10.2 Å². The van der Waals surface area contributed by atoms with Crippen molar-refractivity contribution in [2.45, 2.75) is 12.1 Å². The maximum atomic E-state index is 12.4. The van der Waals surface area contributed by atoms with E-state index in [1.165, 1.54) is 11.8 Å². The zero-order valence-electron chi connectivity index (χ0n) is 18.2. The Morgan fingerprint density at radius 1 is 1.06 bits per heavy atom. The summed E-state index contributed by atoms with van der Waals surface area (Å²) in [4.78, 5) is 16.5. The Labute approximate surface area is 195 Å². The summed E-state index contributed by atoms with van der Waals surface area (Å²) in [6.07, 6.45) is 3.39. The molecule has 0 bridgehead atoms. The van der Waals surface area contributed by atoms with Gasteiger partial charge >= 0.3 is 0 Å². The maximum Gasteiger partial charge on any atom is 0.250 e. The van der Waals surface area contributed by atoms with Crippen molar-refractivity contribution in [1.82, 2.24) is 25.2 Å². The predicted molar refractivity (Wildman–Crippen MR) is 129 cm³/mol. The first kappa shape index (κ1) is 22.2. The number of pyridine rings is 1. The molecule has 0 aliphatic carbocycles. The van der Waals surface area contributed by atoms with Crippen LogP contribution in [0.1, 0.15) is 12.5 Å². The quantitative estimate of drug-likeness (QED) is 0.244. The largest absolute Gasteiger partial charge is 0.497 e. The van der Waals surface area contributed by atoms with Crippen LogP contribution in [-0.2, 0) is 4.79 Å². The highest BCUT2D eigenvalue weighted by Gasteiger charge is 2.17. The molecule has 9 heteroatoms. The van der Waals surface area contributed by atoms with E-state index in [0.717, 1.165) is 22.6 Å². The molecule has 0 unspecified atom stereocenters. The van der Waals surface area contributed by atoms with E-state index in [-0.39, 0.29) is 11.7 Å². The van der Waals surface area contributed by atoms with Gasteiger partial charge in [-0.05, 0) is 49.4 Å². The highest BCUT2D eigenvalue weighted by Crippen LogP contribution is 2.28. The summed E-state index contributed by atoms with van der Waals surface area (Å²) in [5.41, 5.74) is 5.91. The second-order valence-electron chi connectivity index (χ2n) is 6.97. The van der Waals surface area contributed by atoms with Crippen molar-refractivity contribution >= 4 is 23.4 Å². The molecule has 0 atom stereocenters. The van der Waals surface area contributed by atoms with E-state index >= 15 is 0 Å². The van der Waals surface area contributed by atoms with Crippen molar-refractivity contribution in [2.75, 3.05) is 12.9 Å². The van der Waals surface area contributed by atoms with E-state index in [4.69, 9.17) is 4.74 Å². The van der Waals surface area contributed by atoms with Gasteiger partial charge in [0.05, 0.1) is 18.6 Å². The molecule has 1 amide bonds. The first-order valence-corrected chi connectivity index (χ1v) is 11.2. The number of hydrogen-bond acceptors (Lipinski definition) is 7. The number of carbonyl (C=O) groups is 1. The van der Waals surface area contributed by atoms with Crippen LogP contribution in [0.4, 0.5) is 0 Å². The second kappa shape index (κ2) is 10.6. The van der Waals surface area contributed by atoms with Crippen molar-refractivity contribution < 1.29 is 9.53 Å². The summed E-state index contributed by atoms with van der Waals surface area (Å²) in [7, 11) is 1.63. The van der Waals surface area contributed by atoms with Gasteiger partial charge in [-0.1, -0.05) is 36.0 Å². The van der Waals surface area contributed by atoms with E-state index in [9.17, 15) is 4.79 Å². The monoisotopic (exact) mass is 458 g/mol. The number of benzene rings is 2. The van der Waals surface area contributed by atoms with E-state index < -0.39 is 0 Å². The van der Waals surface area contributed by atoms with Gasteiger partial charge in [0.15, 0.2) is 11.0 Å². The number of ether oxygens (including phenoxy) is 1. The first-order chi connectivity index (χ1) is 16.2. The number of thioether (sulfide) groups is 1. The number of rotatable bonds is 8. The lowest BCUT2D eigenvalue weighted by molar-refractivity contribution is -0.118. The average Bonchev–Trinajstić information content (AvgIpc) is 3.31. The number of nitrogens with zero attached hydrogens (tertiary/aromatic N) is 5. The van der Waals surface area contributed by atoms with Gasteiger partial charge in [0, 0.05) is 29.2 Å². The molecule has 0 saturated carbocycles. The van der Waals surface area contributed by atoms with Crippen LogP contribution in [0.2, 0.25) is 0 Å². The summed E-state index contributed by atoms with van der Waals surface area (Å²) in [5.74, 6) is 1.34. The van der Waals surface area contributed by atoms with Crippen molar-refractivity contribution in [3.05, 3.63) is 84.7 Å². The standard InChI is InChI=1S/C24H22N6O2S/c1-17(19-7-6-14-25-15-19)26-27-22(31)16-33-24-29-28-23(18-10-12-21(32-2)13-11-18)30(24)20-8-4-3-5-9-20/h3-15H,16H2,1-2H3,(H,27,31)/b26-17-. The van der Waals surface area contributed by atoms with Gasteiger partial charge in [-0.2, -0.15) is 5.10 Å². The van der Waals surface area contributed by atoms with Crippen LogP contribution in [0.25, 0.3) is 17.1 Å². The van der Waals surface area contributed by atoms with Crippen molar-refractivity contribution in [2.24, 2.45) is 5.10 Å². The van der Waals surface area contributed by atoms with E-state index in [1.807, 2.05) is 78.2 Å². The molecule has 0 aliphatic heterocycles. The molecular formula is C24H22N6O2S. The van der Waals surface area contributed by atoms with Gasteiger partial charge < -0.3 is 4.74 Å². The molecule has 2 heterocycles. The van der Waals surface area contributed by atoms with Crippen molar-refractivity contribution in [1.29, 1.82) is 0 Å². The number of carbonyl (C=O) groups excluding carboxylic acids is 1. The van der Waals surface area contributed by atoms with Crippen LogP contribution >= 0.6 is 11.8 Å². The summed E-state index contributed by atoms with van der Waals surface area (Å²) in [6, 6.07) is 21.1. The lowest BCUT2D eigenvalue weighted by Gasteiger charge is -2.10. The number of aromatic nitrogens is 4. The molecule has 2 aromatic heterocycles. The third-order valence-electron chi connectivity index (χ3n) is 4.76. The Morgan fingerprint density at radius 2 is 1.85 bits per heavy atom. The molecule has 33 heavy (non-hydrogen) atoms. The minimum atomic E-state index is -0.239. The average molecular weight is 459 g/mol. The number of amides is 1. The highest BCUT2D eigenvalue weighted by atomic mass is 32.2. The zero-order valence-corrected chi connectivity index (χ0v) is 19.0. The Bertz CT molecular complexity index is 1240. The molecule has 0 fully saturated rings. The Hall–Kier alpha value is -3.98. The summed E-state index contributed by atoms with van der Waals surface area (Å²) in [6.45, 7) is 1.82. The van der Waals surface area contributed by atoms with E-state index in [0.29, 0.717) is 16.7 Å². The zero-order chi connectivity index (χ0) is 23.0. The van der Waals surface area contributed by atoms with Gasteiger partial charge in [0.25, 0.3) is 5.91 Å². The van der Waals surface area contributed by atoms with Crippen LogP contribution in [-0.4, -0.2) is 44.2 Å². The van der Waals surface area contributed by atoms with Crippen LogP contribution in [0.15, 0.2) is 89.4 Å². The molecule has 8 nitrogen and oxygen atoms in total. The van der Waals surface area contributed by atoms with E-state index in [2.05, 4.69) is 25.7 Å². The smallest absolute Gasteiger partial charge is 0.250 e. The van der Waals surface area contributed by atoms with Crippen LogP contribution < -0.4 is 10.2 Å². The summed E-state index contributed by atoms with van der Waals surface area (Å²) < 4.78 is 7.19. The highest BCUT2D eigenvalue weighted by molar-refractivity contribution is 7.99. The minimum Gasteiger partial charge on any atom is -0.497 e. The van der Waals surface area contributed by atoms with Crippen LogP contribution in [0.5, 0.6) is 5.75 Å². The lowest BCUT2D eigenvalue weighted by Crippen LogP contribution is -2.21. The maximum absolute atomic E-state index is 12.4. The molecule has 0 spiro atoms. The second-order valence-corrected chi connectivity index (χ2v) is 7.91. The van der Waals surface area contributed by atoms with Gasteiger partial charge in [-0.25, -0.2) is 5.43 Å². The molecule has 0 radical (unpaired) electrons. The first-order valence-electron chi connectivity index (χ1n) is 10.2. The minimum absolute atomic E-state index is 0.136. The van der Waals surface area contributed by atoms with Crippen LogP contribution in [0.3, 0.4) is 0 Å². The fraction of sp³-hybridized carbons (Fsp3) is 0.125. The van der Waals surface area contributed by atoms with Crippen molar-refractivity contribution in [3.8, 4) is 22.8 Å². The SMILES string of the molecule is COc1ccc(-c2nnc(SCC(=O)N/N=C(/C)c3cccnc3)n2-c2ccccc2)cc1. The normalized spacial score (nSPS) is 11.3. The molecular weight excluding hydrogens is 436 g/mol.